The van der Waals surface area contributed by atoms with Crippen molar-refractivity contribution >= 4 is 33.9 Å². The van der Waals surface area contributed by atoms with E-state index in [1.807, 2.05) is 62.4 Å². The van der Waals surface area contributed by atoms with Gasteiger partial charge in [0.2, 0.25) is 11.8 Å². The quantitative estimate of drug-likeness (QED) is 0.467. The zero-order valence-corrected chi connectivity index (χ0v) is 17.9. The summed E-state index contributed by atoms with van der Waals surface area (Å²) in [7, 11) is 0. The molecule has 7 heteroatoms. The Morgan fingerprint density at radius 2 is 1.90 bits per heavy atom. The van der Waals surface area contributed by atoms with E-state index in [4.69, 9.17) is 13.8 Å². The highest BCUT2D eigenvalue weighted by atomic mass is 32.2. The monoisotopic (exact) mass is 432 g/mol. The molecular weight excluding hydrogens is 412 g/mol. The molecule has 0 bridgehead atoms. The van der Waals surface area contributed by atoms with Crippen molar-refractivity contribution < 1.29 is 18.4 Å². The summed E-state index contributed by atoms with van der Waals surface area (Å²) < 4.78 is 11.9. The molecule has 0 spiro atoms. The summed E-state index contributed by atoms with van der Waals surface area (Å²) in [5, 5.41) is 2.63. The molecule has 1 N–H and O–H groups in total. The molecule has 3 heterocycles. The van der Waals surface area contributed by atoms with Crippen molar-refractivity contribution in [3.8, 4) is 11.5 Å². The highest BCUT2D eigenvalue weighted by Gasteiger charge is 2.31. The fourth-order valence-electron chi connectivity index (χ4n) is 3.79. The standard InChI is InChI=1S/C24H20N2O4S/c1-13-5-3-4-6-18(13)23-25-19(14(2)29-23)12-17-11-16-9-15(7-8-20(16)30-17)10-21-22(27)26-24(28)31-21/h3-9,11,21H,10,12H2,1-2H3,(H,26,27,28). The molecule has 156 valence electrons. The molecule has 1 unspecified atom stereocenters. The van der Waals surface area contributed by atoms with Crippen molar-refractivity contribution in [3.63, 3.8) is 0 Å². The number of benzene rings is 2. The second kappa shape index (κ2) is 7.74. The number of hydrogen-bond acceptors (Lipinski definition) is 6. The Hall–Kier alpha value is -3.32. The van der Waals surface area contributed by atoms with Gasteiger partial charge in [0.1, 0.15) is 17.1 Å². The molecule has 5 rings (SSSR count). The Bertz CT molecular complexity index is 1320. The molecule has 1 atom stereocenters. The van der Waals surface area contributed by atoms with E-state index in [1.165, 1.54) is 0 Å². The number of imide groups is 1. The Morgan fingerprint density at radius 3 is 2.68 bits per heavy atom. The molecule has 2 aromatic heterocycles. The van der Waals surface area contributed by atoms with Gasteiger partial charge in [-0.25, -0.2) is 4.98 Å². The average molecular weight is 433 g/mol. The van der Waals surface area contributed by atoms with Crippen LogP contribution in [-0.4, -0.2) is 21.4 Å². The SMILES string of the molecule is Cc1ccccc1-c1nc(Cc2cc3cc(CC4SC(=O)NC4=O)ccc3o2)c(C)o1. The van der Waals surface area contributed by atoms with Crippen molar-refractivity contribution in [2.24, 2.45) is 0 Å². The topological polar surface area (TPSA) is 85.3 Å². The van der Waals surface area contributed by atoms with E-state index >= 15 is 0 Å². The van der Waals surface area contributed by atoms with Crippen molar-refractivity contribution in [2.45, 2.75) is 31.9 Å². The normalized spacial score (nSPS) is 16.3. The van der Waals surface area contributed by atoms with E-state index in [2.05, 4.69) is 5.32 Å². The molecule has 2 amide bonds. The van der Waals surface area contributed by atoms with Crippen LogP contribution in [0.5, 0.6) is 0 Å². The van der Waals surface area contributed by atoms with Crippen LogP contribution in [0, 0.1) is 13.8 Å². The summed E-state index contributed by atoms with van der Waals surface area (Å²) in [6.07, 6.45) is 1.03. The summed E-state index contributed by atoms with van der Waals surface area (Å²) in [5.74, 6) is 1.95. The van der Waals surface area contributed by atoms with Crippen LogP contribution in [0.4, 0.5) is 4.79 Å². The lowest BCUT2D eigenvalue weighted by Crippen LogP contribution is -2.25. The predicted octanol–water partition coefficient (Wildman–Crippen LogP) is 5.19. The lowest BCUT2D eigenvalue weighted by molar-refractivity contribution is -0.118. The van der Waals surface area contributed by atoms with E-state index in [0.29, 0.717) is 18.7 Å². The second-order valence-electron chi connectivity index (χ2n) is 7.69. The molecule has 0 aliphatic carbocycles. The van der Waals surface area contributed by atoms with Gasteiger partial charge >= 0.3 is 0 Å². The predicted molar refractivity (Wildman–Crippen MR) is 119 cm³/mol. The van der Waals surface area contributed by atoms with Crippen LogP contribution in [0.15, 0.2) is 57.4 Å². The van der Waals surface area contributed by atoms with Crippen LogP contribution < -0.4 is 5.32 Å². The number of oxazole rings is 1. The maximum Gasteiger partial charge on any atom is 0.286 e. The molecule has 6 nitrogen and oxygen atoms in total. The van der Waals surface area contributed by atoms with Crippen molar-refractivity contribution in [3.05, 3.63) is 76.9 Å². The minimum atomic E-state index is -0.381. The molecule has 1 fully saturated rings. The van der Waals surface area contributed by atoms with Crippen LogP contribution in [0.1, 0.15) is 28.3 Å². The zero-order valence-electron chi connectivity index (χ0n) is 17.1. The third-order valence-corrected chi connectivity index (χ3v) is 6.41. The number of aromatic nitrogens is 1. The zero-order chi connectivity index (χ0) is 21.5. The lowest BCUT2D eigenvalue weighted by atomic mass is 10.1. The van der Waals surface area contributed by atoms with Crippen molar-refractivity contribution in [1.82, 2.24) is 10.3 Å². The molecule has 2 aromatic carbocycles. The van der Waals surface area contributed by atoms with Gasteiger partial charge in [0.05, 0.1) is 17.4 Å². The Kier molecular flexibility index (Phi) is 4.90. The number of rotatable bonds is 5. The van der Waals surface area contributed by atoms with E-state index in [1.54, 1.807) is 0 Å². The first-order chi connectivity index (χ1) is 15.0. The summed E-state index contributed by atoms with van der Waals surface area (Å²) in [5.41, 5.74) is 4.70. The molecule has 0 radical (unpaired) electrons. The van der Waals surface area contributed by atoms with Crippen LogP contribution in [0.2, 0.25) is 0 Å². The largest absolute Gasteiger partial charge is 0.461 e. The summed E-state index contributed by atoms with van der Waals surface area (Å²) in [6, 6.07) is 15.8. The number of amides is 2. The molecule has 4 aromatic rings. The van der Waals surface area contributed by atoms with Gasteiger partial charge in [0.25, 0.3) is 5.24 Å². The van der Waals surface area contributed by atoms with Gasteiger partial charge in [-0.15, -0.1) is 0 Å². The Balaban J connectivity index is 1.37. The number of nitrogens with zero attached hydrogens (tertiary/aromatic N) is 1. The van der Waals surface area contributed by atoms with Gasteiger partial charge in [0.15, 0.2) is 0 Å². The van der Waals surface area contributed by atoms with Gasteiger partial charge in [-0.05, 0) is 55.7 Å². The Morgan fingerprint density at radius 1 is 1.06 bits per heavy atom. The first-order valence-corrected chi connectivity index (χ1v) is 10.9. The van der Waals surface area contributed by atoms with E-state index < -0.39 is 0 Å². The van der Waals surface area contributed by atoms with Crippen molar-refractivity contribution in [1.29, 1.82) is 0 Å². The highest BCUT2D eigenvalue weighted by molar-refractivity contribution is 8.15. The number of fused-ring (bicyclic) bond motifs is 1. The summed E-state index contributed by atoms with van der Waals surface area (Å²) >= 11 is 1.04. The number of nitrogens with one attached hydrogen (secondary N) is 1. The first-order valence-electron chi connectivity index (χ1n) is 10.0. The molecule has 1 saturated heterocycles. The smallest absolute Gasteiger partial charge is 0.286 e. The number of furan rings is 1. The van der Waals surface area contributed by atoms with Crippen LogP contribution in [0.3, 0.4) is 0 Å². The van der Waals surface area contributed by atoms with E-state index in [-0.39, 0.29) is 16.4 Å². The second-order valence-corrected chi connectivity index (χ2v) is 8.86. The Labute approximate surface area is 183 Å². The van der Waals surface area contributed by atoms with Crippen LogP contribution >= 0.6 is 11.8 Å². The average Bonchev–Trinajstić information content (AvgIpc) is 3.39. The summed E-state index contributed by atoms with van der Waals surface area (Å²) in [6.45, 7) is 3.95. The lowest BCUT2D eigenvalue weighted by Gasteiger charge is -2.04. The van der Waals surface area contributed by atoms with Crippen molar-refractivity contribution in [2.75, 3.05) is 0 Å². The van der Waals surface area contributed by atoms with Gasteiger partial charge in [-0.2, -0.15) is 0 Å². The fourth-order valence-corrected chi connectivity index (χ4v) is 4.65. The summed E-state index contributed by atoms with van der Waals surface area (Å²) in [4.78, 5) is 27.9. The molecule has 0 saturated carbocycles. The van der Waals surface area contributed by atoms with Crippen LogP contribution in [0.25, 0.3) is 22.4 Å². The maximum absolute atomic E-state index is 11.8. The van der Waals surface area contributed by atoms with Gasteiger partial charge in [-0.3, -0.25) is 14.9 Å². The van der Waals surface area contributed by atoms with E-state index in [9.17, 15) is 9.59 Å². The maximum atomic E-state index is 11.8. The molecular formula is C24H20N2O4S. The van der Waals surface area contributed by atoms with Gasteiger partial charge < -0.3 is 8.83 Å². The number of carbonyl (C=O) groups is 2. The number of thioether (sulfide) groups is 1. The first kappa shape index (κ1) is 19.6. The minimum absolute atomic E-state index is 0.228. The van der Waals surface area contributed by atoms with Gasteiger partial charge in [0, 0.05) is 10.9 Å². The third kappa shape index (κ3) is 3.88. The molecule has 1 aliphatic heterocycles. The minimum Gasteiger partial charge on any atom is -0.461 e. The van der Waals surface area contributed by atoms with E-state index in [0.717, 1.165) is 56.6 Å². The fraction of sp³-hybridized carbons (Fsp3) is 0.208. The number of hydrogen-bond donors (Lipinski definition) is 1. The number of aryl methyl sites for hydroxylation is 2. The third-order valence-electron chi connectivity index (χ3n) is 5.43. The molecule has 1 aliphatic rings. The van der Waals surface area contributed by atoms with Gasteiger partial charge in [-0.1, -0.05) is 36.0 Å². The van der Waals surface area contributed by atoms with Crippen LogP contribution in [-0.2, 0) is 17.6 Å². The molecule has 31 heavy (non-hydrogen) atoms. The highest BCUT2D eigenvalue weighted by Crippen LogP contribution is 2.29. The number of carbonyl (C=O) groups excluding carboxylic acids is 2.